The van der Waals surface area contributed by atoms with E-state index in [-0.39, 0.29) is 18.5 Å². The second kappa shape index (κ2) is 48.7. The first-order valence-electron chi connectivity index (χ1n) is 25.8. The monoisotopic (exact) mass is 830 g/mol. The lowest BCUT2D eigenvalue weighted by Crippen LogP contribution is -2.45. The summed E-state index contributed by atoms with van der Waals surface area (Å²) in [7, 11) is 0. The second-order valence-corrected chi connectivity index (χ2v) is 17.5. The van der Waals surface area contributed by atoms with Crippen LogP contribution in [0.2, 0.25) is 0 Å². The fraction of sp³-hybridized carbons (Fsp3) is 0.849. The number of esters is 1. The molecule has 0 rings (SSSR count). The van der Waals surface area contributed by atoms with Crippen LogP contribution in [0.1, 0.15) is 264 Å². The van der Waals surface area contributed by atoms with Crippen LogP contribution >= 0.6 is 0 Å². The van der Waals surface area contributed by atoms with E-state index < -0.39 is 12.1 Å². The Kier molecular flexibility index (Phi) is 47.2. The molecule has 346 valence electrons. The Hall–Kier alpha value is -1.92. The number of aliphatic hydroxyl groups excluding tert-OH is 2. The third-order valence-electron chi connectivity index (χ3n) is 11.6. The van der Waals surface area contributed by atoms with Crippen LogP contribution in [0, 0.1) is 0 Å². The van der Waals surface area contributed by atoms with Gasteiger partial charge in [-0.15, -0.1) is 0 Å². The van der Waals surface area contributed by atoms with E-state index in [1.54, 1.807) is 6.08 Å². The van der Waals surface area contributed by atoms with Gasteiger partial charge < -0.3 is 20.3 Å². The van der Waals surface area contributed by atoms with Crippen molar-refractivity contribution in [3.63, 3.8) is 0 Å². The van der Waals surface area contributed by atoms with Crippen LogP contribution in [0.15, 0.2) is 36.5 Å². The molecule has 0 aromatic heterocycles. The van der Waals surface area contributed by atoms with E-state index >= 15 is 0 Å². The Morgan fingerprint density at radius 3 is 1.22 bits per heavy atom. The van der Waals surface area contributed by atoms with Crippen molar-refractivity contribution in [2.45, 2.75) is 276 Å². The molecule has 6 nitrogen and oxygen atoms in total. The third-order valence-corrected chi connectivity index (χ3v) is 11.6. The van der Waals surface area contributed by atoms with Crippen LogP contribution < -0.4 is 5.32 Å². The van der Waals surface area contributed by atoms with Crippen LogP contribution in [0.5, 0.6) is 0 Å². The number of rotatable bonds is 47. The number of unbranched alkanes of at least 4 members (excludes halogenated alkanes) is 32. The Labute approximate surface area is 366 Å². The van der Waals surface area contributed by atoms with E-state index in [0.29, 0.717) is 19.4 Å². The van der Waals surface area contributed by atoms with Gasteiger partial charge in [0.25, 0.3) is 0 Å². The lowest BCUT2D eigenvalue weighted by atomic mass is 10.0. The lowest BCUT2D eigenvalue weighted by molar-refractivity contribution is -0.143. The Bertz CT molecular complexity index is 962. The van der Waals surface area contributed by atoms with Crippen molar-refractivity contribution in [3.05, 3.63) is 36.5 Å². The fourth-order valence-corrected chi connectivity index (χ4v) is 7.62. The highest BCUT2D eigenvalue weighted by atomic mass is 16.5. The van der Waals surface area contributed by atoms with Gasteiger partial charge in [0.1, 0.15) is 0 Å². The van der Waals surface area contributed by atoms with Crippen LogP contribution in [0.25, 0.3) is 0 Å². The van der Waals surface area contributed by atoms with Crippen LogP contribution in [-0.2, 0) is 14.3 Å². The summed E-state index contributed by atoms with van der Waals surface area (Å²) in [6, 6.07) is -0.648. The van der Waals surface area contributed by atoms with E-state index in [4.69, 9.17) is 4.74 Å². The molecule has 0 aromatic rings. The number of nitrogens with one attached hydrogen (secondary N) is 1. The predicted molar refractivity (Wildman–Crippen MR) is 255 cm³/mol. The number of aliphatic hydroxyl groups is 2. The smallest absolute Gasteiger partial charge is 0.305 e. The molecule has 0 aromatic carbocycles. The lowest BCUT2D eigenvalue weighted by Gasteiger charge is -2.19. The first kappa shape index (κ1) is 57.1. The predicted octanol–water partition coefficient (Wildman–Crippen LogP) is 15.3. The maximum Gasteiger partial charge on any atom is 0.305 e. The highest BCUT2D eigenvalue weighted by molar-refractivity contribution is 5.76. The summed E-state index contributed by atoms with van der Waals surface area (Å²) in [5, 5.41) is 23.0. The summed E-state index contributed by atoms with van der Waals surface area (Å²) in [4.78, 5) is 24.4. The zero-order chi connectivity index (χ0) is 43.0. The molecule has 2 unspecified atom stereocenters. The maximum atomic E-state index is 12.4. The average molecular weight is 830 g/mol. The normalized spacial score (nSPS) is 12.9. The van der Waals surface area contributed by atoms with Gasteiger partial charge in [0, 0.05) is 12.8 Å². The summed E-state index contributed by atoms with van der Waals surface area (Å²) in [5.41, 5.74) is 0. The molecule has 0 heterocycles. The molecule has 6 heteroatoms. The van der Waals surface area contributed by atoms with Gasteiger partial charge in [-0.25, -0.2) is 0 Å². The molecule has 0 aliphatic rings. The largest absolute Gasteiger partial charge is 0.466 e. The minimum Gasteiger partial charge on any atom is -0.466 e. The molecule has 0 aliphatic heterocycles. The van der Waals surface area contributed by atoms with Crippen molar-refractivity contribution >= 4 is 11.9 Å². The van der Waals surface area contributed by atoms with Gasteiger partial charge in [0.2, 0.25) is 5.91 Å². The molecule has 3 N–H and O–H groups in total. The first-order valence-corrected chi connectivity index (χ1v) is 25.8. The zero-order valence-corrected chi connectivity index (χ0v) is 39.2. The molecule has 0 aliphatic carbocycles. The second-order valence-electron chi connectivity index (χ2n) is 17.5. The number of hydrogen-bond acceptors (Lipinski definition) is 5. The van der Waals surface area contributed by atoms with Crippen LogP contribution in [-0.4, -0.2) is 47.4 Å². The highest BCUT2D eigenvalue weighted by Crippen LogP contribution is 2.15. The zero-order valence-electron chi connectivity index (χ0n) is 39.2. The van der Waals surface area contributed by atoms with Crippen molar-refractivity contribution < 1.29 is 24.5 Å². The molecule has 0 fully saturated rings. The fourth-order valence-electron chi connectivity index (χ4n) is 7.62. The molecule has 0 saturated carbocycles. The molecular weight excluding hydrogens is 731 g/mol. The molecule has 2 atom stereocenters. The van der Waals surface area contributed by atoms with E-state index in [1.807, 2.05) is 6.08 Å². The number of hydrogen-bond donors (Lipinski definition) is 3. The number of amides is 1. The Balaban J connectivity index is 3.54. The molecule has 0 bridgehead atoms. The molecule has 0 spiro atoms. The van der Waals surface area contributed by atoms with E-state index in [2.05, 4.69) is 43.5 Å². The first-order chi connectivity index (χ1) is 29.0. The van der Waals surface area contributed by atoms with Crippen LogP contribution in [0.3, 0.4) is 0 Å². The summed E-state index contributed by atoms with van der Waals surface area (Å²) < 4.78 is 5.45. The average Bonchev–Trinajstić information content (AvgIpc) is 3.24. The standard InChI is InChI=1S/C53H99NO5/c1-3-5-7-9-11-13-15-17-19-23-27-31-35-39-43-47-53(58)59-48-44-40-36-32-28-24-20-22-26-30-34-38-42-46-52(57)54-50(49-55)51(56)45-41-37-33-29-25-21-18-16-14-12-10-8-6-4-2/h17,19,22,26,41,45,50-51,55-56H,3-16,18,20-21,23-25,27-40,42-44,46-49H2,1-2H3,(H,54,57)/b19-17-,26-22-,45-41+. The minimum absolute atomic E-state index is 0.0226. The number of ether oxygens (including phenoxy) is 1. The maximum absolute atomic E-state index is 12.4. The van der Waals surface area contributed by atoms with Crippen molar-refractivity contribution in [1.82, 2.24) is 5.32 Å². The summed E-state index contributed by atoms with van der Waals surface area (Å²) in [5.74, 6) is -0.122. The van der Waals surface area contributed by atoms with E-state index in [1.165, 1.54) is 167 Å². The number of allylic oxidation sites excluding steroid dienone is 5. The molecular formula is C53H99NO5. The summed E-state index contributed by atoms with van der Waals surface area (Å²) >= 11 is 0. The van der Waals surface area contributed by atoms with Crippen molar-refractivity contribution in [2.75, 3.05) is 13.2 Å². The molecule has 1 amide bonds. The number of carbonyl (C=O) groups excluding carboxylic acids is 2. The van der Waals surface area contributed by atoms with Gasteiger partial charge >= 0.3 is 5.97 Å². The third kappa shape index (κ3) is 45.4. The van der Waals surface area contributed by atoms with Gasteiger partial charge in [-0.2, -0.15) is 0 Å². The summed E-state index contributed by atoms with van der Waals surface area (Å²) in [6.07, 6.45) is 58.5. The SMILES string of the molecule is CCCCCCCC/C=C\CCCCCCCC(=O)OCCCCCCCC/C=C\CCCCCC(=O)NC(CO)C(O)/C=C/CCCCCCCCCCCCCC. The molecule has 0 radical (unpaired) electrons. The van der Waals surface area contributed by atoms with Gasteiger partial charge in [0.05, 0.1) is 25.4 Å². The topological polar surface area (TPSA) is 95.9 Å². The van der Waals surface area contributed by atoms with E-state index in [9.17, 15) is 19.8 Å². The Morgan fingerprint density at radius 2 is 0.797 bits per heavy atom. The van der Waals surface area contributed by atoms with Gasteiger partial charge in [-0.3, -0.25) is 9.59 Å². The molecule has 59 heavy (non-hydrogen) atoms. The Morgan fingerprint density at radius 1 is 0.458 bits per heavy atom. The summed E-state index contributed by atoms with van der Waals surface area (Å²) in [6.45, 7) is 4.84. The van der Waals surface area contributed by atoms with Crippen molar-refractivity contribution in [3.8, 4) is 0 Å². The van der Waals surface area contributed by atoms with Gasteiger partial charge in [0.15, 0.2) is 0 Å². The van der Waals surface area contributed by atoms with Crippen LogP contribution in [0.4, 0.5) is 0 Å². The quantitative estimate of drug-likeness (QED) is 0.0323. The van der Waals surface area contributed by atoms with E-state index in [0.717, 1.165) is 70.6 Å². The minimum atomic E-state index is -0.861. The molecule has 0 saturated heterocycles. The van der Waals surface area contributed by atoms with Crippen molar-refractivity contribution in [2.24, 2.45) is 0 Å². The highest BCUT2D eigenvalue weighted by Gasteiger charge is 2.18. The number of carbonyl (C=O) groups is 2. The van der Waals surface area contributed by atoms with Gasteiger partial charge in [-0.1, -0.05) is 204 Å². The van der Waals surface area contributed by atoms with Gasteiger partial charge in [-0.05, 0) is 83.5 Å². The van der Waals surface area contributed by atoms with Crippen molar-refractivity contribution in [1.29, 1.82) is 0 Å².